The van der Waals surface area contributed by atoms with Gasteiger partial charge in [-0.1, -0.05) is 29.4 Å². The Morgan fingerprint density at radius 3 is 2.92 bits per heavy atom. The summed E-state index contributed by atoms with van der Waals surface area (Å²) >= 11 is 0. The van der Waals surface area contributed by atoms with E-state index in [1.807, 2.05) is 24.3 Å². The van der Waals surface area contributed by atoms with Gasteiger partial charge in [-0.3, -0.25) is 4.79 Å². The average Bonchev–Trinajstić information content (AvgIpc) is 2.16. The Kier molecular flexibility index (Phi) is 1.73. The summed E-state index contributed by atoms with van der Waals surface area (Å²) < 4.78 is 0. The van der Waals surface area contributed by atoms with Crippen LogP contribution in [0.1, 0.15) is 11.1 Å². The van der Waals surface area contributed by atoms with Gasteiger partial charge in [-0.2, -0.15) is 0 Å². The number of amidine groups is 1. The molecular formula is C9H8N2O2. The predicted octanol–water partition coefficient (Wildman–Crippen LogP) is 0.495. The van der Waals surface area contributed by atoms with E-state index < -0.39 is 0 Å². The summed E-state index contributed by atoms with van der Waals surface area (Å²) in [7, 11) is 0. The molecule has 13 heavy (non-hydrogen) atoms. The standard InChI is InChI=1S/C9H8N2O2/c12-8-5-6-3-1-2-4-7(6)9(10-8)11-13/h1-4,13H,5H2,(H,10,11,12). The number of fused-ring (bicyclic) bond motifs is 1. The minimum Gasteiger partial charge on any atom is -0.409 e. The molecule has 1 amide bonds. The monoisotopic (exact) mass is 176 g/mol. The van der Waals surface area contributed by atoms with Gasteiger partial charge in [0.2, 0.25) is 5.91 Å². The lowest BCUT2D eigenvalue weighted by atomic mass is 10.00. The molecule has 4 nitrogen and oxygen atoms in total. The van der Waals surface area contributed by atoms with Crippen molar-refractivity contribution in [2.45, 2.75) is 6.42 Å². The summed E-state index contributed by atoms with van der Waals surface area (Å²) in [6.45, 7) is 0. The van der Waals surface area contributed by atoms with Gasteiger partial charge in [-0.15, -0.1) is 0 Å². The van der Waals surface area contributed by atoms with Crippen LogP contribution in [0.4, 0.5) is 0 Å². The first-order valence-corrected chi connectivity index (χ1v) is 3.91. The average molecular weight is 176 g/mol. The van der Waals surface area contributed by atoms with E-state index in [1.54, 1.807) is 0 Å². The molecule has 1 aromatic carbocycles. The molecule has 0 saturated heterocycles. The van der Waals surface area contributed by atoms with E-state index in [4.69, 9.17) is 5.21 Å². The number of hydrogen-bond donors (Lipinski definition) is 2. The second kappa shape index (κ2) is 2.90. The Morgan fingerprint density at radius 1 is 1.38 bits per heavy atom. The molecule has 66 valence electrons. The zero-order chi connectivity index (χ0) is 9.26. The van der Waals surface area contributed by atoms with Gasteiger partial charge in [0.15, 0.2) is 5.84 Å². The van der Waals surface area contributed by atoms with Crippen LogP contribution in [0.25, 0.3) is 0 Å². The normalized spacial score (nSPS) is 18.2. The first-order chi connectivity index (χ1) is 6.31. The molecule has 2 rings (SSSR count). The number of benzene rings is 1. The molecule has 4 heteroatoms. The number of rotatable bonds is 0. The van der Waals surface area contributed by atoms with Gasteiger partial charge < -0.3 is 10.5 Å². The summed E-state index contributed by atoms with van der Waals surface area (Å²) in [6, 6.07) is 7.34. The number of carbonyl (C=O) groups excluding carboxylic acids is 1. The molecule has 1 aromatic rings. The molecule has 0 unspecified atom stereocenters. The molecule has 0 bridgehead atoms. The van der Waals surface area contributed by atoms with Gasteiger partial charge in [0.25, 0.3) is 0 Å². The SMILES string of the molecule is O=C1Cc2ccccc2C(=NO)N1. The van der Waals surface area contributed by atoms with E-state index in [2.05, 4.69) is 10.5 Å². The molecule has 0 radical (unpaired) electrons. The third-order valence-electron chi connectivity index (χ3n) is 1.98. The maximum absolute atomic E-state index is 11.1. The van der Waals surface area contributed by atoms with Crippen molar-refractivity contribution in [3.63, 3.8) is 0 Å². The number of hydrogen-bond acceptors (Lipinski definition) is 3. The summed E-state index contributed by atoms with van der Waals surface area (Å²) in [5, 5.41) is 14.1. The molecule has 0 saturated carbocycles. The second-order valence-corrected chi connectivity index (χ2v) is 2.83. The fourth-order valence-electron chi connectivity index (χ4n) is 1.40. The van der Waals surface area contributed by atoms with Crippen LogP contribution < -0.4 is 5.32 Å². The molecule has 0 atom stereocenters. The fraction of sp³-hybridized carbons (Fsp3) is 0.111. The quantitative estimate of drug-likeness (QED) is 0.446. The zero-order valence-corrected chi connectivity index (χ0v) is 6.82. The van der Waals surface area contributed by atoms with E-state index in [-0.39, 0.29) is 11.7 Å². The molecule has 1 heterocycles. The molecule has 0 fully saturated rings. The summed E-state index contributed by atoms with van der Waals surface area (Å²) in [4.78, 5) is 11.1. The molecule has 0 aliphatic carbocycles. The Balaban J connectivity index is 2.55. The summed E-state index contributed by atoms with van der Waals surface area (Å²) in [5.74, 6) is 0.0818. The van der Waals surface area contributed by atoms with Crippen molar-refractivity contribution in [1.29, 1.82) is 0 Å². The molecule has 1 aliphatic rings. The zero-order valence-electron chi connectivity index (χ0n) is 6.82. The van der Waals surface area contributed by atoms with Gasteiger partial charge in [-0.25, -0.2) is 0 Å². The summed E-state index contributed by atoms with van der Waals surface area (Å²) in [6.07, 6.45) is 0.342. The van der Waals surface area contributed by atoms with Gasteiger partial charge >= 0.3 is 0 Å². The van der Waals surface area contributed by atoms with Crippen LogP contribution in [0.15, 0.2) is 29.4 Å². The number of amides is 1. The van der Waals surface area contributed by atoms with E-state index in [0.717, 1.165) is 11.1 Å². The Morgan fingerprint density at radius 2 is 2.15 bits per heavy atom. The van der Waals surface area contributed by atoms with Gasteiger partial charge in [0, 0.05) is 5.56 Å². The number of carbonyl (C=O) groups is 1. The van der Waals surface area contributed by atoms with Crippen LogP contribution in [-0.2, 0) is 11.2 Å². The lowest BCUT2D eigenvalue weighted by Crippen LogP contribution is -2.37. The Hall–Kier alpha value is -1.84. The summed E-state index contributed by atoms with van der Waals surface area (Å²) in [5.41, 5.74) is 1.67. The van der Waals surface area contributed by atoms with Crippen LogP contribution in [0.5, 0.6) is 0 Å². The number of nitrogens with one attached hydrogen (secondary N) is 1. The molecule has 1 aliphatic heterocycles. The van der Waals surface area contributed by atoms with E-state index >= 15 is 0 Å². The van der Waals surface area contributed by atoms with Crippen molar-refractivity contribution in [1.82, 2.24) is 5.32 Å². The van der Waals surface area contributed by atoms with Crippen LogP contribution >= 0.6 is 0 Å². The van der Waals surface area contributed by atoms with Crippen molar-refractivity contribution in [3.05, 3.63) is 35.4 Å². The highest BCUT2D eigenvalue weighted by atomic mass is 16.4. The van der Waals surface area contributed by atoms with Crippen molar-refractivity contribution in [3.8, 4) is 0 Å². The Bertz CT molecular complexity index is 385. The van der Waals surface area contributed by atoms with Crippen molar-refractivity contribution in [2.75, 3.05) is 0 Å². The maximum Gasteiger partial charge on any atom is 0.230 e. The van der Waals surface area contributed by atoms with Gasteiger partial charge in [0.05, 0.1) is 6.42 Å². The lowest BCUT2D eigenvalue weighted by molar-refractivity contribution is -0.119. The third kappa shape index (κ3) is 1.26. The minimum atomic E-state index is -0.147. The Labute approximate surface area is 74.9 Å². The van der Waals surface area contributed by atoms with Crippen LogP contribution in [-0.4, -0.2) is 17.0 Å². The predicted molar refractivity (Wildman–Crippen MR) is 46.6 cm³/mol. The highest BCUT2D eigenvalue weighted by Crippen LogP contribution is 2.13. The maximum atomic E-state index is 11.1. The number of nitrogens with zero attached hydrogens (tertiary/aromatic N) is 1. The molecule has 0 spiro atoms. The van der Waals surface area contributed by atoms with E-state index in [9.17, 15) is 4.79 Å². The second-order valence-electron chi connectivity index (χ2n) is 2.83. The van der Waals surface area contributed by atoms with Crippen molar-refractivity contribution in [2.24, 2.45) is 5.16 Å². The molecule has 2 N–H and O–H groups in total. The first kappa shape index (κ1) is 7.79. The smallest absolute Gasteiger partial charge is 0.230 e. The fourth-order valence-corrected chi connectivity index (χ4v) is 1.40. The topological polar surface area (TPSA) is 61.7 Å². The van der Waals surface area contributed by atoms with E-state index in [0.29, 0.717) is 6.42 Å². The van der Waals surface area contributed by atoms with Crippen LogP contribution in [0.2, 0.25) is 0 Å². The van der Waals surface area contributed by atoms with Gasteiger partial charge in [0.1, 0.15) is 0 Å². The number of oxime groups is 1. The largest absolute Gasteiger partial charge is 0.409 e. The highest BCUT2D eigenvalue weighted by molar-refractivity contribution is 6.12. The van der Waals surface area contributed by atoms with E-state index in [1.165, 1.54) is 0 Å². The third-order valence-corrected chi connectivity index (χ3v) is 1.98. The van der Waals surface area contributed by atoms with Crippen LogP contribution in [0, 0.1) is 0 Å². The highest BCUT2D eigenvalue weighted by Gasteiger charge is 2.19. The molecule has 0 aromatic heterocycles. The lowest BCUT2D eigenvalue weighted by Gasteiger charge is -2.16. The van der Waals surface area contributed by atoms with Crippen molar-refractivity contribution < 1.29 is 10.0 Å². The van der Waals surface area contributed by atoms with Gasteiger partial charge in [-0.05, 0) is 5.56 Å². The molecular weight excluding hydrogens is 168 g/mol. The first-order valence-electron chi connectivity index (χ1n) is 3.91. The minimum absolute atomic E-state index is 0.147. The van der Waals surface area contributed by atoms with Crippen molar-refractivity contribution >= 4 is 11.7 Å². The van der Waals surface area contributed by atoms with Crippen LogP contribution in [0.3, 0.4) is 0 Å².